The summed E-state index contributed by atoms with van der Waals surface area (Å²) in [5, 5.41) is 10.1. The molecule has 1 aliphatic rings. The lowest BCUT2D eigenvalue weighted by atomic mass is 10.1. The van der Waals surface area contributed by atoms with Crippen molar-refractivity contribution < 1.29 is 14.7 Å². The van der Waals surface area contributed by atoms with E-state index in [-0.39, 0.29) is 11.9 Å². The highest BCUT2D eigenvalue weighted by atomic mass is 16.4. The van der Waals surface area contributed by atoms with Crippen LogP contribution in [0.2, 0.25) is 0 Å². The van der Waals surface area contributed by atoms with Crippen molar-refractivity contribution in [3.05, 3.63) is 36.0 Å². The molecule has 3 rings (SSSR count). The molecule has 1 aliphatic carbocycles. The summed E-state index contributed by atoms with van der Waals surface area (Å²) in [4.78, 5) is 28.6. The molecule has 0 saturated heterocycles. The standard InChI is InChI=1S/C17H20N2O3/c1-11(17(21)22)10-19(13-6-7-13)16(20)8-12-9-18-15-5-3-2-4-14(12)15/h2-5,9,11,13,18H,6-8,10H2,1H3,(H,21,22). The van der Waals surface area contributed by atoms with Crippen LogP contribution in [-0.2, 0) is 16.0 Å². The molecule has 0 spiro atoms. The maximum atomic E-state index is 12.6. The summed E-state index contributed by atoms with van der Waals surface area (Å²) in [6, 6.07) is 8.11. The Morgan fingerprint density at radius 2 is 2.09 bits per heavy atom. The summed E-state index contributed by atoms with van der Waals surface area (Å²) in [6.45, 7) is 1.94. The maximum Gasteiger partial charge on any atom is 0.308 e. The van der Waals surface area contributed by atoms with Gasteiger partial charge in [-0.05, 0) is 24.5 Å². The highest BCUT2D eigenvalue weighted by molar-refractivity contribution is 5.89. The minimum atomic E-state index is -0.856. The highest BCUT2D eigenvalue weighted by Crippen LogP contribution is 2.29. The molecule has 1 unspecified atom stereocenters. The van der Waals surface area contributed by atoms with Crippen LogP contribution < -0.4 is 0 Å². The van der Waals surface area contributed by atoms with E-state index in [2.05, 4.69) is 4.98 Å². The fraction of sp³-hybridized carbons (Fsp3) is 0.412. The molecule has 0 radical (unpaired) electrons. The number of carbonyl (C=O) groups is 2. The van der Waals surface area contributed by atoms with E-state index < -0.39 is 11.9 Å². The Labute approximate surface area is 128 Å². The number of carboxylic acids is 1. The molecule has 1 atom stereocenters. The number of aliphatic carboxylic acids is 1. The summed E-state index contributed by atoms with van der Waals surface area (Å²) in [5.74, 6) is -1.38. The Morgan fingerprint density at radius 1 is 1.36 bits per heavy atom. The first-order valence-electron chi connectivity index (χ1n) is 7.63. The predicted molar refractivity (Wildman–Crippen MR) is 83.5 cm³/mol. The van der Waals surface area contributed by atoms with Crippen molar-refractivity contribution in [3.63, 3.8) is 0 Å². The van der Waals surface area contributed by atoms with Gasteiger partial charge in [0.25, 0.3) is 0 Å². The molecule has 1 aromatic heterocycles. The number of para-hydroxylation sites is 1. The van der Waals surface area contributed by atoms with Gasteiger partial charge in [0.05, 0.1) is 12.3 Å². The average molecular weight is 300 g/mol. The normalized spacial score (nSPS) is 15.7. The van der Waals surface area contributed by atoms with Crippen molar-refractivity contribution in [2.45, 2.75) is 32.2 Å². The third-order valence-corrected chi connectivity index (χ3v) is 4.22. The van der Waals surface area contributed by atoms with Gasteiger partial charge in [0.2, 0.25) is 5.91 Å². The fourth-order valence-corrected chi connectivity index (χ4v) is 2.76. The van der Waals surface area contributed by atoms with Crippen molar-refractivity contribution in [3.8, 4) is 0 Å². The first kappa shape index (κ1) is 14.6. The van der Waals surface area contributed by atoms with E-state index >= 15 is 0 Å². The molecule has 5 heteroatoms. The third kappa shape index (κ3) is 2.98. The summed E-state index contributed by atoms with van der Waals surface area (Å²) >= 11 is 0. The molecule has 22 heavy (non-hydrogen) atoms. The average Bonchev–Trinajstić information content (AvgIpc) is 3.26. The van der Waals surface area contributed by atoms with Gasteiger partial charge in [-0.2, -0.15) is 0 Å². The predicted octanol–water partition coefficient (Wildman–Crippen LogP) is 2.42. The lowest BCUT2D eigenvalue weighted by molar-refractivity contribution is -0.143. The second-order valence-corrected chi connectivity index (χ2v) is 6.05. The summed E-state index contributed by atoms with van der Waals surface area (Å²) < 4.78 is 0. The summed E-state index contributed by atoms with van der Waals surface area (Å²) in [5.41, 5.74) is 1.98. The Bertz CT molecular complexity index is 703. The van der Waals surface area contributed by atoms with E-state index in [0.29, 0.717) is 13.0 Å². The monoisotopic (exact) mass is 300 g/mol. The Hall–Kier alpha value is -2.30. The summed E-state index contributed by atoms with van der Waals surface area (Å²) in [6.07, 6.45) is 4.14. The lowest BCUT2D eigenvalue weighted by Gasteiger charge is -2.24. The highest BCUT2D eigenvalue weighted by Gasteiger charge is 2.34. The number of rotatable bonds is 6. The van der Waals surface area contributed by atoms with Crippen LogP contribution in [0.4, 0.5) is 0 Å². The van der Waals surface area contributed by atoms with Gasteiger partial charge in [-0.15, -0.1) is 0 Å². The Kier molecular flexibility index (Phi) is 3.88. The molecule has 1 fully saturated rings. The van der Waals surface area contributed by atoms with Crippen molar-refractivity contribution in [2.75, 3.05) is 6.54 Å². The van der Waals surface area contributed by atoms with Crippen LogP contribution in [0.25, 0.3) is 10.9 Å². The van der Waals surface area contributed by atoms with E-state index in [0.717, 1.165) is 29.3 Å². The van der Waals surface area contributed by atoms with Crippen molar-refractivity contribution in [2.24, 2.45) is 5.92 Å². The zero-order chi connectivity index (χ0) is 15.7. The minimum Gasteiger partial charge on any atom is -0.481 e. The van der Waals surface area contributed by atoms with Gasteiger partial charge in [-0.25, -0.2) is 0 Å². The molecule has 1 amide bonds. The van der Waals surface area contributed by atoms with Crippen LogP contribution in [0, 0.1) is 5.92 Å². The van der Waals surface area contributed by atoms with Gasteiger partial charge < -0.3 is 15.0 Å². The smallest absolute Gasteiger partial charge is 0.308 e. The zero-order valence-corrected chi connectivity index (χ0v) is 12.6. The second kappa shape index (κ2) is 5.83. The van der Waals surface area contributed by atoms with Crippen molar-refractivity contribution in [1.29, 1.82) is 0 Å². The molecule has 0 aliphatic heterocycles. The van der Waals surface area contributed by atoms with Gasteiger partial charge in [-0.1, -0.05) is 25.1 Å². The van der Waals surface area contributed by atoms with Crippen molar-refractivity contribution in [1.82, 2.24) is 9.88 Å². The van der Waals surface area contributed by atoms with Crippen LogP contribution >= 0.6 is 0 Å². The van der Waals surface area contributed by atoms with Gasteiger partial charge in [-0.3, -0.25) is 9.59 Å². The van der Waals surface area contributed by atoms with Gasteiger partial charge in [0.15, 0.2) is 0 Å². The second-order valence-electron chi connectivity index (χ2n) is 6.05. The number of H-pyrrole nitrogens is 1. The van der Waals surface area contributed by atoms with Crippen LogP contribution in [0.5, 0.6) is 0 Å². The first-order valence-corrected chi connectivity index (χ1v) is 7.63. The van der Waals surface area contributed by atoms with Crippen LogP contribution in [-0.4, -0.2) is 39.5 Å². The number of aromatic amines is 1. The number of nitrogens with zero attached hydrogens (tertiary/aromatic N) is 1. The number of hydrogen-bond donors (Lipinski definition) is 2. The number of aromatic nitrogens is 1. The lowest BCUT2D eigenvalue weighted by Crippen LogP contribution is -2.39. The summed E-state index contributed by atoms with van der Waals surface area (Å²) in [7, 11) is 0. The molecule has 1 saturated carbocycles. The van der Waals surface area contributed by atoms with Crippen LogP contribution in [0.15, 0.2) is 30.5 Å². The largest absolute Gasteiger partial charge is 0.481 e. The SMILES string of the molecule is CC(CN(C(=O)Cc1c[nH]c2ccccc12)C1CC1)C(=O)O. The number of benzene rings is 1. The van der Waals surface area contributed by atoms with Gasteiger partial charge >= 0.3 is 5.97 Å². The van der Waals surface area contributed by atoms with Gasteiger partial charge in [0, 0.05) is 29.7 Å². The molecular weight excluding hydrogens is 280 g/mol. The minimum absolute atomic E-state index is 0.0142. The molecule has 116 valence electrons. The molecule has 2 aromatic rings. The molecule has 5 nitrogen and oxygen atoms in total. The van der Waals surface area contributed by atoms with E-state index in [1.807, 2.05) is 30.5 Å². The fourth-order valence-electron chi connectivity index (χ4n) is 2.76. The molecule has 1 aromatic carbocycles. The Balaban J connectivity index is 1.75. The number of nitrogens with one attached hydrogen (secondary N) is 1. The van der Waals surface area contributed by atoms with Crippen LogP contribution in [0.1, 0.15) is 25.3 Å². The topological polar surface area (TPSA) is 73.4 Å². The van der Waals surface area contributed by atoms with E-state index in [9.17, 15) is 9.59 Å². The number of carbonyl (C=O) groups excluding carboxylic acids is 1. The molecule has 2 N–H and O–H groups in total. The van der Waals surface area contributed by atoms with Crippen molar-refractivity contribution >= 4 is 22.8 Å². The van der Waals surface area contributed by atoms with Gasteiger partial charge in [0.1, 0.15) is 0 Å². The third-order valence-electron chi connectivity index (χ3n) is 4.22. The molecular formula is C17H20N2O3. The van der Waals surface area contributed by atoms with Crippen LogP contribution in [0.3, 0.4) is 0 Å². The Morgan fingerprint density at radius 3 is 2.77 bits per heavy atom. The molecule has 1 heterocycles. The quantitative estimate of drug-likeness (QED) is 0.860. The first-order chi connectivity index (χ1) is 10.6. The van der Waals surface area contributed by atoms with E-state index in [1.54, 1.807) is 11.8 Å². The number of amides is 1. The van der Waals surface area contributed by atoms with E-state index in [4.69, 9.17) is 5.11 Å². The van der Waals surface area contributed by atoms with E-state index in [1.165, 1.54) is 0 Å². The number of hydrogen-bond acceptors (Lipinski definition) is 2. The number of fused-ring (bicyclic) bond motifs is 1. The maximum absolute atomic E-state index is 12.6. The zero-order valence-electron chi connectivity index (χ0n) is 12.6. The molecule has 0 bridgehead atoms. The number of carboxylic acid groups (broad SMARTS) is 1.